The molecule has 5 heteroatoms. The van der Waals surface area contributed by atoms with Gasteiger partial charge in [-0.05, 0) is 42.5 Å². The molecule has 0 atom stereocenters. The van der Waals surface area contributed by atoms with Crippen molar-refractivity contribution in [3.63, 3.8) is 0 Å². The number of hydrogen-bond acceptors (Lipinski definition) is 1. The lowest BCUT2D eigenvalue weighted by atomic mass is 9.87. The van der Waals surface area contributed by atoms with Gasteiger partial charge in [-0.15, -0.1) is 0 Å². The number of benzene rings is 1. The summed E-state index contributed by atoms with van der Waals surface area (Å²) in [5.74, 6) is 0.438. The second-order valence-electron chi connectivity index (χ2n) is 5.03. The van der Waals surface area contributed by atoms with Crippen LogP contribution in [0, 0.1) is 0 Å². The highest BCUT2D eigenvalue weighted by Crippen LogP contribution is 2.34. The second kappa shape index (κ2) is 4.78. The Morgan fingerprint density at radius 1 is 1.37 bits per heavy atom. The van der Waals surface area contributed by atoms with Gasteiger partial charge in [0, 0.05) is 35.2 Å². The molecule has 1 aromatic carbocycles. The molecule has 0 bridgehead atoms. The van der Waals surface area contributed by atoms with E-state index < -0.39 is 0 Å². The zero-order valence-electron chi connectivity index (χ0n) is 10.5. The molecule has 0 saturated carbocycles. The topological polar surface area (TPSA) is 62.1 Å². The van der Waals surface area contributed by atoms with Gasteiger partial charge in [-0.1, -0.05) is 11.6 Å². The molecule has 19 heavy (non-hydrogen) atoms. The maximum absolute atomic E-state index is 11.1. The van der Waals surface area contributed by atoms with Gasteiger partial charge in [-0.3, -0.25) is 0 Å². The van der Waals surface area contributed by atoms with E-state index in [1.54, 1.807) is 4.90 Å². The number of rotatable bonds is 1. The van der Waals surface area contributed by atoms with Crippen molar-refractivity contribution in [1.82, 2.24) is 9.88 Å². The molecule has 0 aliphatic carbocycles. The molecule has 1 aliphatic heterocycles. The van der Waals surface area contributed by atoms with E-state index >= 15 is 0 Å². The molecule has 0 unspecified atom stereocenters. The first-order valence-corrected chi connectivity index (χ1v) is 6.84. The number of aromatic nitrogens is 1. The minimum atomic E-state index is -0.323. The molecular weight excluding hydrogens is 262 g/mol. The van der Waals surface area contributed by atoms with Gasteiger partial charge in [0.2, 0.25) is 0 Å². The number of halogens is 1. The number of hydrogen-bond donors (Lipinski definition) is 2. The fourth-order valence-electron chi connectivity index (χ4n) is 2.91. The number of H-pyrrole nitrogens is 1. The van der Waals surface area contributed by atoms with Gasteiger partial charge in [-0.25, -0.2) is 4.79 Å². The van der Waals surface area contributed by atoms with E-state index in [9.17, 15) is 4.79 Å². The number of primary amides is 1. The Labute approximate surface area is 116 Å². The molecule has 3 N–H and O–H groups in total. The van der Waals surface area contributed by atoms with Crippen molar-refractivity contribution >= 4 is 28.5 Å². The van der Waals surface area contributed by atoms with Gasteiger partial charge in [0.05, 0.1) is 0 Å². The molecule has 1 fully saturated rings. The van der Waals surface area contributed by atoms with E-state index in [2.05, 4.69) is 11.1 Å². The molecule has 100 valence electrons. The third-order valence-electron chi connectivity index (χ3n) is 3.91. The predicted molar refractivity (Wildman–Crippen MR) is 76.4 cm³/mol. The van der Waals surface area contributed by atoms with Crippen LogP contribution in [0.1, 0.15) is 24.3 Å². The Morgan fingerprint density at radius 2 is 2.11 bits per heavy atom. The van der Waals surface area contributed by atoms with Crippen molar-refractivity contribution in [2.24, 2.45) is 5.73 Å². The Morgan fingerprint density at radius 3 is 2.79 bits per heavy atom. The molecule has 4 nitrogen and oxygen atoms in total. The number of amides is 2. The molecule has 2 amide bonds. The maximum atomic E-state index is 11.1. The fourth-order valence-corrected chi connectivity index (χ4v) is 3.13. The molecule has 2 aromatic rings. The molecule has 0 radical (unpaired) electrons. The quantitative estimate of drug-likeness (QED) is 0.827. The summed E-state index contributed by atoms with van der Waals surface area (Å²) >= 11 is 6.17. The summed E-state index contributed by atoms with van der Waals surface area (Å²) in [5.41, 5.74) is 7.65. The number of nitrogens with zero attached hydrogens (tertiary/aromatic N) is 1. The summed E-state index contributed by atoms with van der Waals surface area (Å²) in [6.07, 6.45) is 3.80. The van der Waals surface area contributed by atoms with Crippen LogP contribution >= 0.6 is 11.6 Å². The summed E-state index contributed by atoms with van der Waals surface area (Å²) in [6, 6.07) is 5.75. The van der Waals surface area contributed by atoms with Gasteiger partial charge >= 0.3 is 6.03 Å². The lowest BCUT2D eigenvalue weighted by Crippen LogP contribution is -2.41. The van der Waals surface area contributed by atoms with E-state index in [4.69, 9.17) is 17.3 Å². The third-order valence-corrected chi connectivity index (χ3v) is 4.13. The zero-order valence-corrected chi connectivity index (χ0v) is 11.3. The van der Waals surface area contributed by atoms with E-state index in [1.165, 1.54) is 10.9 Å². The summed E-state index contributed by atoms with van der Waals surface area (Å²) < 4.78 is 0. The number of carbonyl (C=O) groups is 1. The minimum absolute atomic E-state index is 0.323. The fraction of sp³-hybridized carbons (Fsp3) is 0.357. The molecule has 1 aliphatic rings. The summed E-state index contributed by atoms with van der Waals surface area (Å²) in [4.78, 5) is 16.0. The van der Waals surface area contributed by atoms with Crippen molar-refractivity contribution in [3.8, 4) is 0 Å². The molecule has 0 spiro atoms. The van der Waals surface area contributed by atoms with E-state index in [1.807, 2.05) is 18.3 Å². The first kappa shape index (κ1) is 12.4. The number of aromatic amines is 1. The van der Waals surface area contributed by atoms with Crippen molar-refractivity contribution in [2.45, 2.75) is 18.8 Å². The van der Waals surface area contributed by atoms with Crippen molar-refractivity contribution < 1.29 is 4.79 Å². The van der Waals surface area contributed by atoms with E-state index in [0.29, 0.717) is 5.92 Å². The largest absolute Gasteiger partial charge is 0.361 e. The third kappa shape index (κ3) is 2.28. The first-order chi connectivity index (χ1) is 9.15. The molecular formula is C14H16ClN3O. The Bertz CT molecular complexity index is 614. The van der Waals surface area contributed by atoms with E-state index in [0.717, 1.165) is 36.5 Å². The minimum Gasteiger partial charge on any atom is -0.361 e. The van der Waals surface area contributed by atoms with Crippen molar-refractivity contribution in [2.75, 3.05) is 13.1 Å². The monoisotopic (exact) mass is 277 g/mol. The first-order valence-electron chi connectivity index (χ1n) is 6.46. The van der Waals surface area contributed by atoms with Crippen LogP contribution in [0.5, 0.6) is 0 Å². The van der Waals surface area contributed by atoms with Crippen molar-refractivity contribution in [3.05, 3.63) is 35.0 Å². The second-order valence-corrected chi connectivity index (χ2v) is 5.47. The highest BCUT2D eigenvalue weighted by molar-refractivity contribution is 6.31. The van der Waals surface area contributed by atoms with Crippen molar-refractivity contribution in [1.29, 1.82) is 0 Å². The smallest absolute Gasteiger partial charge is 0.314 e. The zero-order chi connectivity index (χ0) is 13.4. The number of nitrogens with one attached hydrogen (secondary N) is 1. The highest BCUT2D eigenvalue weighted by atomic mass is 35.5. The summed E-state index contributed by atoms with van der Waals surface area (Å²) in [6.45, 7) is 1.44. The predicted octanol–water partition coefficient (Wildman–Crippen LogP) is 3.08. The number of fused-ring (bicyclic) bond motifs is 1. The van der Waals surface area contributed by atoms with Gasteiger partial charge in [0.25, 0.3) is 0 Å². The van der Waals surface area contributed by atoms with Gasteiger partial charge < -0.3 is 15.6 Å². The lowest BCUT2D eigenvalue weighted by Gasteiger charge is -2.31. The standard InChI is InChI=1S/C14H16ClN3O/c15-10-7-12(11-1-4-17-13(11)8-10)9-2-5-18(6-3-9)14(16)19/h1,4,7-9,17H,2-3,5-6H2,(H2,16,19). The Balaban J connectivity index is 1.89. The average molecular weight is 278 g/mol. The molecule has 3 rings (SSSR count). The molecule has 1 aromatic heterocycles. The normalized spacial score (nSPS) is 17.0. The Kier molecular flexibility index (Phi) is 3.11. The van der Waals surface area contributed by atoms with Crippen LogP contribution in [0.25, 0.3) is 10.9 Å². The Hall–Kier alpha value is -1.68. The number of nitrogens with two attached hydrogens (primary N) is 1. The van der Waals surface area contributed by atoms with Crippen LogP contribution in [0.15, 0.2) is 24.4 Å². The lowest BCUT2D eigenvalue weighted by molar-refractivity contribution is 0.191. The van der Waals surface area contributed by atoms with Crippen LogP contribution in [-0.2, 0) is 0 Å². The number of likely N-dealkylation sites (tertiary alicyclic amines) is 1. The number of carbonyl (C=O) groups excluding carboxylic acids is 1. The van der Waals surface area contributed by atoms with Crippen LogP contribution in [0.4, 0.5) is 4.79 Å². The average Bonchev–Trinajstić information content (AvgIpc) is 2.85. The van der Waals surface area contributed by atoms with Gasteiger partial charge in [0.15, 0.2) is 0 Å². The molecule has 2 heterocycles. The van der Waals surface area contributed by atoms with Crippen LogP contribution in [-0.4, -0.2) is 29.0 Å². The maximum Gasteiger partial charge on any atom is 0.314 e. The summed E-state index contributed by atoms with van der Waals surface area (Å²) in [7, 11) is 0. The number of urea groups is 1. The van der Waals surface area contributed by atoms with Crippen LogP contribution in [0.3, 0.4) is 0 Å². The van der Waals surface area contributed by atoms with E-state index in [-0.39, 0.29) is 6.03 Å². The highest BCUT2D eigenvalue weighted by Gasteiger charge is 2.24. The SMILES string of the molecule is NC(=O)N1CCC(c2cc(Cl)cc3[nH]ccc23)CC1. The van der Waals surface area contributed by atoms with Crippen LogP contribution in [0.2, 0.25) is 5.02 Å². The summed E-state index contributed by atoms with van der Waals surface area (Å²) in [5, 5.41) is 1.98. The van der Waals surface area contributed by atoms with Gasteiger partial charge in [-0.2, -0.15) is 0 Å². The van der Waals surface area contributed by atoms with Crippen LogP contribution < -0.4 is 5.73 Å². The van der Waals surface area contributed by atoms with Gasteiger partial charge in [0.1, 0.15) is 0 Å². The molecule has 1 saturated heterocycles. The number of piperidine rings is 1.